The van der Waals surface area contributed by atoms with Gasteiger partial charge in [-0.15, -0.1) is 0 Å². The third-order valence-electron chi connectivity index (χ3n) is 3.11. The highest BCUT2D eigenvalue weighted by Gasteiger charge is 2.12. The van der Waals surface area contributed by atoms with Crippen LogP contribution in [0.1, 0.15) is 30.5 Å². The normalized spacial score (nSPS) is 12.3. The van der Waals surface area contributed by atoms with Gasteiger partial charge in [0.15, 0.2) is 0 Å². The van der Waals surface area contributed by atoms with Gasteiger partial charge in [-0.05, 0) is 60.8 Å². The molecule has 0 bridgehead atoms. The zero-order chi connectivity index (χ0) is 14.4. The highest BCUT2D eigenvalue weighted by Crippen LogP contribution is 2.21. The van der Waals surface area contributed by atoms with Crippen molar-refractivity contribution in [3.8, 4) is 0 Å². The predicted octanol–water partition coefficient (Wildman–Crippen LogP) is 4.27. The Balaban J connectivity index is 2.19. The van der Waals surface area contributed by atoms with Gasteiger partial charge in [0, 0.05) is 22.9 Å². The van der Waals surface area contributed by atoms with Crippen LogP contribution in [0.4, 0.5) is 4.39 Å². The van der Waals surface area contributed by atoms with Crippen molar-refractivity contribution in [1.29, 1.82) is 0 Å². The quantitative estimate of drug-likeness (QED) is 0.852. The van der Waals surface area contributed by atoms with Crippen molar-refractivity contribution in [2.45, 2.75) is 25.8 Å². The van der Waals surface area contributed by atoms with E-state index >= 15 is 0 Å². The number of hydrogen-bond donors (Lipinski definition) is 1. The SMILES string of the molecule is CCCNC(Cc1cc(F)cc(Br)c1)c1ccncc1. The molecule has 2 aromatic rings. The Morgan fingerprint density at radius 3 is 2.65 bits per heavy atom. The third-order valence-corrected chi connectivity index (χ3v) is 3.57. The number of rotatable bonds is 6. The summed E-state index contributed by atoms with van der Waals surface area (Å²) in [6, 6.07) is 9.21. The Kier molecular flexibility index (Phi) is 5.68. The van der Waals surface area contributed by atoms with Gasteiger partial charge in [-0.1, -0.05) is 22.9 Å². The first-order chi connectivity index (χ1) is 9.69. The lowest BCUT2D eigenvalue weighted by atomic mass is 9.99. The molecule has 1 unspecified atom stereocenters. The van der Waals surface area contributed by atoms with Crippen LogP contribution in [0.15, 0.2) is 47.2 Å². The second-order valence-electron chi connectivity index (χ2n) is 4.77. The molecule has 1 atom stereocenters. The first-order valence-electron chi connectivity index (χ1n) is 6.77. The smallest absolute Gasteiger partial charge is 0.124 e. The van der Waals surface area contributed by atoms with E-state index in [1.165, 1.54) is 11.6 Å². The molecular weight excluding hydrogens is 319 g/mol. The summed E-state index contributed by atoms with van der Waals surface area (Å²) in [6.07, 6.45) is 5.39. The van der Waals surface area contributed by atoms with Crippen LogP contribution in [0.25, 0.3) is 0 Å². The molecule has 0 saturated carbocycles. The lowest BCUT2D eigenvalue weighted by Crippen LogP contribution is -2.24. The summed E-state index contributed by atoms with van der Waals surface area (Å²) in [4.78, 5) is 4.05. The van der Waals surface area contributed by atoms with Gasteiger partial charge < -0.3 is 5.32 Å². The monoisotopic (exact) mass is 336 g/mol. The van der Waals surface area contributed by atoms with E-state index < -0.39 is 0 Å². The molecule has 0 aliphatic rings. The molecule has 1 aromatic heterocycles. The highest BCUT2D eigenvalue weighted by molar-refractivity contribution is 9.10. The van der Waals surface area contributed by atoms with Gasteiger partial charge in [-0.25, -0.2) is 4.39 Å². The van der Waals surface area contributed by atoms with E-state index in [4.69, 9.17) is 0 Å². The zero-order valence-electron chi connectivity index (χ0n) is 11.4. The van der Waals surface area contributed by atoms with E-state index in [9.17, 15) is 4.39 Å². The second-order valence-corrected chi connectivity index (χ2v) is 5.68. The van der Waals surface area contributed by atoms with Crippen LogP contribution in [0.3, 0.4) is 0 Å². The topological polar surface area (TPSA) is 24.9 Å². The van der Waals surface area contributed by atoms with E-state index in [0.717, 1.165) is 29.4 Å². The summed E-state index contributed by atoms with van der Waals surface area (Å²) in [7, 11) is 0. The van der Waals surface area contributed by atoms with Gasteiger partial charge >= 0.3 is 0 Å². The van der Waals surface area contributed by atoms with Gasteiger partial charge in [0.05, 0.1) is 0 Å². The van der Waals surface area contributed by atoms with Crippen molar-refractivity contribution in [3.05, 3.63) is 64.1 Å². The maximum absolute atomic E-state index is 13.5. The third kappa shape index (κ3) is 4.39. The van der Waals surface area contributed by atoms with E-state index in [0.29, 0.717) is 0 Å². The molecular formula is C16H18BrFN2. The highest BCUT2D eigenvalue weighted by atomic mass is 79.9. The molecule has 20 heavy (non-hydrogen) atoms. The van der Waals surface area contributed by atoms with Crippen molar-refractivity contribution < 1.29 is 4.39 Å². The molecule has 1 aromatic carbocycles. The first kappa shape index (κ1) is 15.1. The van der Waals surface area contributed by atoms with Gasteiger partial charge in [-0.2, -0.15) is 0 Å². The van der Waals surface area contributed by atoms with Crippen LogP contribution in [0.2, 0.25) is 0 Å². The molecule has 0 fully saturated rings. The summed E-state index contributed by atoms with van der Waals surface area (Å²) in [5.41, 5.74) is 2.15. The fourth-order valence-electron chi connectivity index (χ4n) is 2.19. The molecule has 0 aliphatic carbocycles. The number of benzene rings is 1. The van der Waals surface area contributed by atoms with Crippen LogP contribution in [0, 0.1) is 5.82 Å². The molecule has 106 valence electrons. The summed E-state index contributed by atoms with van der Waals surface area (Å²) in [5.74, 6) is -0.210. The van der Waals surface area contributed by atoms with Crippen molar-refractivity contribution in [2.75, 3.05) is 6.54 Å². The molecule has 1 heterocycles. The van der Waals surface area contributed by atoms with Crippen LogP contribution < -0.4 is 5.32 Å². The molecule has 0 saturated heterocycles. The molecule has 2 nitrogen and oxygen atoms in total. The Hall–Kier alpha value is -1.26. The van der Waals surface area contributed by atoms with Crippen LogP contribution in [-0.4, -0.2) is 11.5 Å². The van der Waals surface area contributed by atoms with Gasteiger partial charge in [0.25, 0.3) is 0 Å². The van der Waals surface area contributed by atoms with Crippen molar-refractivity contribution in [2.24, 2.45) is 0 Å². The van der Waals surface area contributed by atoms with E-state index in [1.807, 2.05) is 18.2 Å². The molecule has 4 heteroatoms. The Morgan fingerprint density at radius 1 is 1.25 bits per heavy atom. The number of nitrogens with one attached hydrogen (secondary N) is 1. The number of hydrogen-bond acceptors (Lipinski definition) is 2. The van der Waals surface area contributed by atoms with Gasteiger partial charge in [-0.3, -0.25) is 4.98 Å². The maximum atomic E-state index is 13.5. The van der Waals surface area contributed by atoms with E-state index in [2.05, 4.69) is 33.2 Å². The number of halogens is 2. The number of nitrogens with zero attached hydrogens (tertiary/aromatic N) is 1. The minimum atomic E-state index is -0.210. The number of pyridine rings is 1. The largest absolute Gasteiger partial charge is 0.310 e. The number of aromatic nitrogens is 1. The van der Waals surface area contributed by atoms with E-state index in [-0.39, 0.29) is 11.9 Å². The molecule has 0 radical (unpaired) electrons. The molecule has 0 amide bonds. The molecule has 1 N–H and O–H groups in total. The molecule has 0 aliphatic heterocycles. The second kappa shape index (κ2) is 7.50. The Labute approximate surface area is 127 Å². The van der Waals surface area contributed by atoms with Gasteiger partial charge in [0.1, 0.15) is 5.82 Å². The summed E-state index contributed by atoms with van der Waals surface area (Å²) in [5, 5.41) is 3.51. The predicted molar refractivity (Wildman–Crippen MR) is 83.1 cm³/mol. The molecule has 0 spiro atoms. The Bertz CT molecular complexity index is 525. The van der Waals surface area contributed by atoms with Crippen LogP contribution >= 0.6 is 15.9 Å². The lowest BCUT2D eigenvalue weighted by molar-refractivity contribution is 0.526. The minimum absolute atomic E-state index is 0.173. The first-order valence-corrected chi connectivity index (χ1v) is 7.56. The lowest BCUT2D eigenvalue weighted by Gasteiger charge is -2.19. The fourth-order valence-corrected chi connectivity index (χ4v) is 2.70. The van der Waals surface area contributed by atoms with Crippen molar-refractivity contribution >= 4 is 15.9 Å². The average Bonchev–Trinajstić information content (AvgIpc) is 2.43. The van der Waals surface area contributed by atoms with E-state index in [1.54, 1.807) is 18.5 Å². The fraction of sp³-hybridized carbons (Fsp3) is 0.312. The summed E-state index contributed by atoms with van der Waals surface area (Å²) in [6.45, 7) is 3.07. The van der Waals surface area contributed by atoms with Gasteiger partial charge in [0.2, 0.25) is 0 Å². The maximum Gasteiger partial charge on any atom is 0.124 e. The summed E-state index contributed by atoms with van der Waals surface area (Å²) >= 11 is 3.34. The van der Waals surface area contributed by atoms with Crippen LogP contribution in [-0.2, 0) is 6.42 Å². The standard InChI is InChI=1S/C16H18BrFN2/c1-2-5-20-16(13-3-6-19-7-4-13)10-12-8-14(17)11-15(18)9-12/h3-4,6-9,11,16,20H,2,5,10H2,1H3. The van der Waals surface area contributed by atoms with Crippen molar-refractivity contribution in [1.82, 2.24) is 10.3 Å². The van der Waals surface area contributed by atoms with Crippen molar-refractivity contribution in [3.63, 3.8) is 0 Å². The zero-order valence-corrected chi connectivity index (χ0v) is 13.0. The molecule has 2 rings (SSSR count). The average molecular weight is 337 g/mol. The Morgan fingerprint density at radius 2 is 2.00 bits per heavy atom. The minimum Gasteiger partial charge on any atom is -0.310 e. The summed E-state index contributed by atoms with van der Waals surface area (Å²) < 4.78 is 14.2. The van der Waals surface area contributed by atoms with Crippen LogP contribution in [0.5, 0.6) is 0 Å².